The molecule has 0 bridgehead atoms. The summed E-state index contributed by atoms with van der Waals surface area (Å²) < 4.78 is 0. The van der Waals surface area contributed by atoms with Crippen LogP contribution in [0.25, 0.3) is 0 Å². The molecule has 2 aliphatic carbocycles. The Balaban J connectivity index is 1.52. The van der Waals surface area contributed by atoms with Gasteiger partial charge in [0.25, 0.3) is 0 Å². The van der Waals surface area contributed by atoms with Crippen molar-refractivity contribution in [2.45, 2.75) is 57.9 Å². The fraction of sp³-hybridized carbons (Fsp3) is 1.00. The third-order valence-corrected chi connectivity index (χ3v) is 5.69. The van der Waals surface area contributed by atoms with Gasteiger partial charge in [-0.1, -0.05) is 26.2 Å². The lowest BCUT2D eigenvalue weighted by Gasteiger charge is -2.29. The summed E-state index contributed by atoms with van der Waals surface area (Å²) >= 11 is 0. The predicted octanol–water partition coefficient (Wildman–Crippen LogP) is 2.89. The Bertz CT molecular complexity index is 248. The van der Waals surface area contributed by atoms with Gasteiger partial charge in [-0.3, -0.25) is 0 Å². The highest BCUT2D eigenvalue weighted by molar-refractivity contribution is 4.91. The average molecular weight is 250 g/mol. The predicted molar refractivity (Wildman–Crippen MR) is 76.7 cm³/mol. The zero-order chi connectivity index (χ0) is 12.4. The number of hydrogen-bond acceptors (Lipinski definition) is 2. The van der Waals surface area contributed by atoms with Crippen molar-refractivity contribution in [2.24, 2.45) is 17.8 Å². The highest BCUT2D eigenvalue weighted by Gasteiger charge is 2.37. The Morgan fingerprint density at radius 1 is 1.00 bits per heavy atom. The summed E-state index contributed by atoms with van der Waals surface area (Å²) in [5.41, 5.74) is 0. The van der Waals surface area contributed by atoms with E-state index in [1.54, 1.807) is 0 Å². The van der Waals surface area contributed by atoms with Crippen molar-refractivity contribution in [1.29, 1.82) is 0 Å². The van der Waals surface area contributed by atoms with Crippen molar-refractivity contribution >= 4 is 0 Å². The molecular weight excluding hydrogens is 220 g/mol. The Morgan fingerprint density at radius 3 is 2.28 bits per heavy atom. The van der Waals surface area contributed by atoms with Gasteiger partial charge < -0.3 is 10.2 Å². The molecule has 1 saturated heterocycles. The molecule has 3 fully saturated rings. The van der Waals surface area contributed by atoms with Crippen LogP contribution < -0.4 is 5.32 Å². The maximum atomic E-state index is 3.78. The van der Waals surface area contributed by atoms with E-state index in [9.17, 15) is 0 Å². The van der Waals surface area contributed by atoms with Crippen LogP contribution in [0.4, 0.5) is 0 Å². The Labute approximate surface area is 113 Å². The van der Waals surface area contributed by atoms with Gasteiger partial charge in [-0.15, -0.1) is 0 Å². The fourth-order valence-corrected chi connectivity index (χ4v) is 4.76. The number of nitrogens with zero attached hydrogens (tertiary/aromatic N) is 1. The van der Waals surface area contributed by atoms with Gasteiger partial charge in [0.2, 0.25) is 0 Å². The van der Waals surface area contributed by atoms with Crippen molar-refractivity contribution < 1.29 is 0 Å². The summed E-state index contributed by atoms with van der Waals surface area (Å²) in [5.74, 6) is 3.07. The van der Waals surface area contributed by atoms with E-state index in [-0.39, 0.29) is 0 Å². The van der Waals surface area contributed by atoms with Crippen LogP contribution in [0.3, 0.4) is 0 Å². The summed E-state index contributed by atoms with van der Waals surface area (Å²) in [4.78, 5) is 2.78. The molecule has 0 aromatic heterocycles. The van der Waals surface area contributed by atoms with Gasteiger partial charge in [0.15, 0.2) is 0 Å². The first-order valence-electron chi connectivity index (χ1n) is 8.32. The minimum Gasteiger partial charge on any atom is -0.313 e. The van der Waals surface area contributed by atoms with E-state index < -0.39 is 0 Å². The van der Waals surface area contributed by atoms with Gasteiger partial charge in [-0.05, 0) is 50.0 Å². The quantitative estimate of drug-likeness (QED) is 0.807. The normalized spacial score (nSPS) is 35.2. The number of fused-ring (bicyclic) bond motifs is 1. The summed E-state index contributed by atoms with van der Waals surface area (Å²) in [6, 6.07) is 0.774. The van der Waals surface area contributed by atoms with Gasteiger partial charge in [0, 0.05) is 25.7 Å². The molecule has 1 aliphatic heterocycles. The molecule has 104 valence electrons. The summed E-state index contributed by atoms with van der Waals surface area (Å²) in [6.45, 7) is 7.53. The first kappa shape index (κ1) is 12.9. The second-order valence-electron chi connectivity index (χ2n) is 6.88. The third kappa shape index (κ3) is 2.75. The molecule has 0 spiro atoms. The van der Waals surface area contributed by atoms with Gasteiger partial charge in [-0.25, -0.2) is 0 Å². The number of likely N-dealkylation sites (tertiary alicyclic amines) is 1. The van der Waals surface area contributed by atoms with Crippen LogP contribution in [-0.4, -0.2) is 37.1 Å². The van der Waals surface area contributed by atoms with Crippen molar-refractivity contribution in [2.75, 3.05) is 26.2 Å². The number of rotatable bonds is 5. The average Bonchev–Trinajstić information content (AvgIpc) is 3.04. The minimum atomic E-state index is 0.774. The van der Waals surface area contributed by atoms with Gasteiger partial charge >= 0.3 is 0 Å². The Morgan fingerprint density at radius 2 is 1.67 bits per heavy atom. The topological polar surface area (TPSA) is 15.3 Å². The molecule has 1 heterocycles. The highest BCUT2D eigenvalue weighted by atomic mass is 15.2. The monoisotopic (exact) mass is 250 g/mol. The highest BCUT2D eigenvalue weighted by Crippen LogP contribution is 2.38. The molecule has 3 aliphatic rings. The molecule has 3 unspecified atom stereocenters. The summed E-state index contributed by atoms with van der Waals surface area (Å²) in [6.07, 6.45) is 10.4. The zero-order valence-corrected chi connectivity index (χ0v) is 12.0. The van der Waals surface area contributed by atoms with E-state index in [2.05, 4.69) is 17.1 Å². The van der Waals surface area contributed by atoms with Crippen LogP contribution in [-0.2, 0) is 0 Å². The minimum absolute atomic E-state index is 0.774. The molecule has 2 nitrogen and oxygen atoms in total. The van der Waals surface area contributed by atoms with Crippen LogP contribution in [0.2, 0.25) is 0 Å². The van der Waals surface area contributed by atoms with E-state index in [4.69, 9.17) is 0 Å². The second kappa shape index (κ2) is 5.92. The molecule has 2 saturated carbocycles. The fourth-order valence-electron chi connectivity index (χ4n) is 4.76. The van der Waals surface area contributed by atoms with E-state index in [1.807, 2.05) is 0 Å². The molecule has 0 aromatic carbocycles. The van der Waals surface area contributed by atoms with Gasteiger partial charge in [0.1, 0.15) is 0 Å². The second-order valence-corrected chi connectivity index (χ2v) is 6.88. The molecule has 18 heavy (non-hydrogen) atoms. The molecule has 3 rings (SSSR count). The first-order chi connectivity index (χ1) is 8.86. The maximum Gasteiger partial charge on any atom is 0.0223 e. The molecule has 0 amide bonds. The van der Waals surface area contributed by atoms with Gasteiger partial charge in [0.05, 0.1) is 0 Å². The summed E-state index contributed by atoms with van der Waals surface area (Å²) in [5, 5.41) is 3.78. The van der Waals surface area contributed by atoms with E-state index in [0.717, 1.165) is 30.3 Å². The first-order valence-corrected chi connectivity index (χ1v) is 8.32. The standard InChI is InChI=1S/C16H30N2/c1-2-17-16(13-6-3-4-7-13)12-18-10-14-8-5-9-15(14)11-18/h13-17H,2-12H2,1H3. The van der Waals surface area contributed by atoms with Crippen LogP contribution in [0.1, 0.15) is 51.9 Å². The van der Waals surface area contributed by atoms with Crippen LogP contribution in [0, 0.1) is 17.8 Å². The van der Waals surface area contributed by atoms with E-state index >= 15 is 0 Å². The van der Waals surface area contributed by atoms with Gasteiger partial charge in [-0.2, -0.15) is 0 Å². The lowest BCUT2D eigenvalue weighted by molar-refractivity contribution is 0.231. The molecule has 1 N–H and O–H groups in total. The molecule has 3 atom stereocenters. The van der Waals surface area contributed by atoms with Crippen LogP contribution >= 0.6 is 0 Å². The van der Waals surface area contributed by atoms with E-state index in [1.165, 1.54) is 64.6 Å². The maximum absolute atomic E-state index is 3.78. The lowest BCUT2D eigenvalue weighted by Crippen LogP contribution is -2.44. The molecule has 0 aromatic rings. The number of hydrogen-bond donors (Lipinski definition) is 1. The lowest BCUT2D eigenvalue weighted by atomic mass is 9.97. The molecular formula is C16H30N2. The smallest absolute Gasteiger partial charge is 0.0223 e. The van der Waals surface area contributed by atoms with Crippen LogP contribution in [0.15, 0.2) is 0 Å². The zero-order valence-electron chi connectivity index (χ0n) is 12.0. The van der Waals surface area contributed by atoms with Crippen molar-refractivity contribution in [3.63, 3.8) is 0 Å². The van der Waals surface area contributed by atoms with Crippen molar-refractivity contribution in [1.82, 2.24) is 10.2 Å². The van der Waals surface area contributed by atoms with Crippen molar-refractivity contribution in [3.8, 4) is 0 Å². The third-order valence-electron chi connectivity index (χ3n) is 5.69. The van der Waals surface area contributed by atoms with Crippen LogP contribution in [0.5, 0.6) is 0 Å². The Hall–Kier alpha value is -0.0800. The number of likely N-dealkylation sites (N-methyl/N-ethyl adjacent to an activating group) is 1. The SMILES string of the molecule is CCNC(CN1CC2CCCC2C1)C1CCCC1. The Kier molecular flexibility index (Phi) is 4.25. The largest absolute Gasteiger partial charge is 0.313 e. The van der Waals surface area contributed by atoms with Crippen molar-refractivity contribution in [3.05, 3.63) is 0 Å². The molecule has 0 radical (unpaired) electrons. The molecule has 2 heteroatoms. The van der Waals surface area contributed by atoms with E-state index in [0.29, 0.717) is 0 Å². The number of nitrogens with one attached hydrogen (secondary N) is 1. The summed E-state index contributed by atoms with van der Waals surface area (Å²) in [7, 11) is 0.